The third kappa shape index (κ3) is 3.77. The van der Waals surface area contributed by atoms with Crippen LogP contribution in [0.5, 0.6) is 0 Å². The van der Waals surface area contributed by atoms with E-state index >= 15 is 0 Å². The van der Waals surface area contributed by atoms with E-state index in [0.717, 1.165) is 13.0 Å². The van der Waals surface area contributed by atoms with Gasteiger partial charge < -0.3 is 4.74 Å². The lowest BCUT2D eigenvalue weighted by Gasteiger charge is -2.22. The first-order chi connectivity index (χ1) is 6.36. The first kappa shape index (κ1) is 10.5. The molecule has 74 valence electrons. The second-order valence-corrected chi connectivity index (χ2v) is 3.68. The van der Waals surface area contributed by atoms with Crippen molar-refractivity contribution < 1.29 is 4.74 Å². The van der Waals surface area contributed by atoms with Crippen molar-refractivity contribution in [2.75, 3.05) is 6.61 Å². The summed E-state index contributed by atoms with van der Waals surface area (Å²) in [7, 11) is 0. The number of unbranched alkanes of at least 4 members (excludes halogenated alkanes) is 1. The quantitative estimate of drug-likeness (QED) is 0.590. The molecule has 0 N–H and O–H groups in total. The highest BCUT2D eigenvalue weighted by Crippen LogP contribution is 2.17. The molecular formula is C12H20O. The van der Waals surface area contributed by atoms with Crippen LogP contribution in [0.2, 0.25) is 0 Å². The van der Waals surface area contributed by atoms with E-state index < -0.39 is 0 Å². The molecule has 1 heteroatoms. The SMILES string of the molecule is C=CC[C@@H]1C=C[C@@H](CCCC)OC1. The fourth-order valence-electron chi connectivity index (χ4n) is 1.58. The van der Waals surface area contributed by atoms with E-state index in [4.69, 9.17) is 4.74 Å². The van der Waals surface area contributed by atoms with Gasteiger partial charge in [0.2, 0.25) is 0 Å². The molecule has 0 fully saturated rings. The Kier molecular flexibility index (Phi) is 4.84. The zero-order chi connectivity index (χ0) is 9.52. The molecule has 0 aromatic heterocycles. The zero-order valence-corrected chi connectivity index (χ0v) is 8.54. The van der Waals surface area contributed by atoms with Crippen LogP contribution in [0.3, 0.4) is 0 Å². The van der Waals surface area contributed by atoms with Gasteiger partial charge in [0.1, 0.15) is 0 Å². The monoisotopic (exact) mass is 180 g/mol. The van der Waals surface area contributed by atoms with Crippen LogP contribution in [0.1, 0.15) is 32.6 Å². The molecule has 1 heterocycles. The Labute approximate surface area is 81.5 Å². The number of rotatable bonds is 5. The van der Waals surface area contributed by atoms with Crippen molar-refractivity contribution in [2.24, 2.45) is 5.92 Å². The van der Waals surface area contributed by atoms with Gasteiger partial charge in [0.15, 0.2) is 0 Å². The summed E-state index contributed by atoms with van der Waals surface area (Å²) in [6.07, 6.45) is 11.6. The van der Waals surface area contributed by atoms with Crippen LogP contribution in [-0.4, -0.2) is 12.7 Å². The molecule has 13 heavy (non-hydrogen) atoms. The van der Waals surface area contributed by atoms with E-state index in [2.05, 4.69) is 25.7 Å². The van der Waals surface area contributed by atoms with Gasteiger partial charge in [0.25, 0.3) is 0 Å². The summed E-state index contributed by atoms with van der Waals surface area (Å²) in [5.41, 5.74) is 0. The van der Waals surface area contributed by atoms with Crippen LogP contribution in [-0.2, 0) is 4.74 Å². The molecule has 0 bridgehead atoms. The first-order valence-corrected chi connectivity index (χ1v) is 5.27. The Balaban J connectivity index is 2.25. The maximum Gasteiger partial charge on any atom is 0.0756 e. The van der Waals surface area contributed by atoms with Crippen molar-refractivity contribution >= 4 is 0 Å². The smallest absolute Gasteiger partial charge is 0.0756 e. The van der Waals surface area contributed by atoms with E-state index in [0.29, 0.717) is 12.0 Å². The second kappa shape index (κ2) is 5.98. The van der Waals surface area contributed by atoms with Gasteiger partial charge in [-0.3, -0.25) is 0 Å². The van der Waals surface area contributed by atoms with E-state index in [1.165, 1.54) is 19.3 Å². The fraction of sp³-hybridized carbons (Fsp3) is 0.667. The van der Waals surface area contributed by atoms with Crippen molar-refractivity contribution in [1.29, 1.82) is 0 Å². The molecule has 0 radical (unpaired) electrons. The van der Waals surface area contributed by atoms with Gasteiger partial charge in [-0.25, -0.2) is 0 Å². The molecule has 1 aliphatic heterocycles. The summed E-state index contributed by atoms with van der Waals surface area (Å²) in [5.74, 6) is 0.565. The Morgan fingerprint density at radius 2 is 2.38 bits per heavy atom. The minimum absolute atomic E-state index is 0.376. The van der Waals surface area contributed by atoms with Crippen LogP contribution >= 0.6 is 0 Å². The van der Waals surface area contributed by atoms with E-state index in [1.807, 2.05) is 6.08 Å². The molecule has 0 spiro atoms. The minimum Gasteiger partial charge on any atom is -0.374 e. The molecule has 0 unspecified atom stereocenters. The van der Waals surface area contributed by atoms with Gasteiger partial charge in [0.05, 0.1) is 12.7 Å². The molecular weight excluding hydrogens is 160 g/mol. The molecule has 1 aliphatic rings. The number of ether oxygens (including phenoxy) is 1. The summed E-state index contributed by atoms with van der Waals surface area (Å²) in [5, 5.41) is 0. The van der Waals surface area contributed by atoms with Gasteiger partial charge >= 0.3 is 0 Å². The lowest BCUT2D eigenvalue weighted by molar-refractivity contribution is 0.0500. The third-order valence-electron chi connectivity index (χ3n) is 2.43. The average Bonchev–Trinajstić information content (AvgIpc) is 2.17. The lowest BCUT2D eigenvalue weighted by atomic mass is 10.0. The third-order valence-corrected chi connectivity index (χ3v) is 2.43. The standard InChI is InChI=1S/C12H20O/c1-3-5-7-12-9-8-11(6-4-2)10-13-12/h4,8-9,11-12H,2-3,5-7,10H2,1H3/t11-,12-/m1/s1. The Bertz CT molecular complexity index is 172. The number of allylic oxidation sites excluding steroid dienone is 1. The molecule has 0 amide bonds. The van der Waals surface area contributed by atoms with Crippen LogP contribution in [0.4, 0.5) is 0 Å². The highest BCUT2D eigenvalue weighted by atomic mass is 16.5. The molecule has 0 aromatic carbocycles. The van der Waals surface area contributed by atoms with Crippen LogP contribution in [0.25, 0.3) is 0 Å². The van der Waals surface area contributed by atoms with E-state index in [9.17, 15) is 0 Å². The van der Waals surface area contributed by atoms with Crippen LogP contribution in [0, 0.1) is 5.92 Å². The van der Waals surface area contributed by atoms with Gasteiger partial charge in [-0.05, 0) is 12.8 Å². The number of hydrogen-bond acceptors (Lipinski definition) is 1. The largest absolute Gasteiger partial charge is 0.374 e. The van der Waals surface area contributed by atoms with Gasteiger partial charge in [-0.2, -0.15) is 0 Å². The molecule has 0 saturated heterocycles. The van der Waals surface area contributed by atoms with Crippen molar-refractivity contribution in [3.63, 3.8) is 0 Å². The topological polar surface area (TPSA) is 9.23 Å². The Hall–Kier alpha value is -0.560. The summed E-state index contributed by atoms with van der Waals surface area (Å²) < 4.78 is 5.71. The minimum atomic E-state index is 0.376. The zero-order valence-electron chi connectivity index (χ0n) is 8.54. The highest BCUT2D eigenvalue weighted by Gasteiger charge is 2.13. The predicted octanol–water partition coefficient (Wildman–Crippen LogP) is 3.32. The first-order valence-electron chi connectivity index (χ1n) is 5.27. The van der Waals surface area contributed by atoms with Gasteiger partial charge in [0, 0.05) is 5.92 Å². The Morgan fingerprint density at radius 1 is 1.54 bits per heavy atom. The second-order valence-electron chi connectivity index (χ2n) is 3.68. The van der Waals surface area contributed by atoms with Crippen LogP contribution < -0.4 is 0 Å². The van der Waals surface area contributed by atoms with E-state index in [1.54, 1.807) is 0 Å². The highest BCUT2D eigenvalue weighted by molar-refractivity contribution is 4.99. The fourth-order valence-corrected chi connectivity index (χ4v) is 1.58. The maximum absolute atomic E-state index is 5.71. The molecule has 0 aromatic rings. The molecule has 1 nitrogen and oxygen atoms in total. The lowest BCUT2D eigenvalue weighted by Crippen LogP contribution is -2.20. The predicted molar refractivity (Wildman–Crippen MR) is 56.7 cm³/mol. The van der Waals surface area contributed by atoms with Crippen molar-refractivity contribution in [3.05, 3.63) is 24.8 Å². The molecule has 0 aliphatic carbocycles. The summed E-state index contributed by atoms with van der Waals surface area (Å²) in [4.78, 5) is 0. The van der Waals surface area contributed by atoms with Crippen molar-refractivity contribution in [1.82, 2.24) is 0 Å². The Morgan fingerprint density at radius 3 is 2.92 bits per heavy atom. The molecule has 0 saturated carbocycles. The normalized spacial score (nSPS) is 27.5. The maximum atomic E-state index is 5.71. The molecule has 2 atom stereocenters. The van der Waals surface area contributed by atoms with Crippen molar-refractivity contribution in [2.45, 2.75) is 38.7 Å². The van der Waals surface area contributed by atoms with Crippen LogP contribution in [0.15, 0.2) is 24.8 Å². The average molecular weight is 180 g/mol. The van der Waals surface area contributed by atoms with E-state index in [-0.39, 0.29) is 0 Å². The summed E-state index contributed by atoms with van der Waals surface area (Å²) in [6, 6.07) is 0. The summed E-state index contributed by atoms with van der Waals surface area (Å²) >= 11 is 0. The summed E-state index contributed by atoms with van der Waals surface area (Å²) in [6.45, 7) is 6.82. The number of hydrogen-bond donors (Lipinski definition) is 0. The van der Waals surface area contributed by atoms with Gasteiger partial charge in [-0.1, -0.05) is 38.0 Å². The van der Waals surface area contributed by atoms with Crippen molar-refractivity contribution in [3.8, 4) is 0 Å². The molecule has 1 rings (SSSR count). The van der Waals surface area contributed by atoms with Gasteiger partial charge in [-0.15, -0.1) is 6.58 Å².